The van der Waals surface area contributed by atoms with Crippen molar-refractivity contribution in [1.29, 1.82) is 0 Å². The van der Waals surface area contributed by atoms with E-state index in [9.17, 15) is 0 Å². The number of benzene rings is 3. The molecule has 32 heavy (non-hydrogen) atoms. The van der Waals surface area contributed by atoms with E-state index >= 15 is 0 Å². The minimum Gasteiger partial charge on any atom is -0.370 e. The molecule has 0 amide bonds. The Morgan fingerprint density at radius 3 is 2.00 bits per heavy atom. The van der Waals surface area contributed by atoms with E-state index in [1.54, 1.807) is 0 Å². The maximum atomic E-state index is 5.84. The first-order valence-electron chi connectivity index (χ1n) is 11.3. The molecule has 0 aliphatic heterocycles. The molecule has 0 aliphatic rings. The monoisotopic (exact) mass is 425 g/mol. The molecule has 164 valence electrons. The number of aromatic nitrogens is 2. The number of hydrogen-bond acceptors (Lipinski definition) is 4. The molecule has 3 aromatic carbocycles. The van der Waals surface area contributed by atoms with Crippen molar-refractivity contribution < 1.29 is 4.52 Å². The van der Waals surface area contributed by atoms with Crippen molar-refractivity contribution in [2.24, 2.45) is 0 Å². The van der Waals surface area contributed by atoms with Crippen LogP contribution in [-0.2, 0) is 0 Å². The summed E-state index contributed by atoms with van der Waals surface area (Å²) in [6, 6.07) is 24.7. The van der Waals surface area contributed by atoms with Crippen LogP contribution in [0.2, 0.25) is 0 Å². The molecule has 0 spiro atoms. The lowest BCUT2D eigenvalue weighted by molar-refractivity contribution is 0.372. The molecule has 0 radical (unpaired) electrons. The van der Waals surface area contributed by atoms with Crippen molar-refractivity contribution in [2.75, 3.05) is 5.32 Å². The summed E-state index contributed by atoms with van der Waals surface area (Å²) < 4.78 is 5.84. The van der Waals surface area contributed by atoms with E-state index in [4.69, 9.17) is 9.51 Å². The molecule has 0 saturated heterocycles. The van der Waals surface area contributed by atoms with Crippen molar-refractivity contribution in [3.63, 3.8) is 0 Å². The Morgan fingerprint density at radius 1 is 0.750 bits per heavy atom. The van der Waals surface area contributed by atoms with E-state index in [1.165, 1.54) is 11.1 Å². The van der Waals surface area contributed by atoms with Crippen LogP contribution < -0.4 is 5.32 Å². The van der Waals surface area contributed by atoms with Crippen molar-refractivity contribution in [1.82, 2.24) is 10.1 Å². The Labute approximate surface area is 190 Å². The fourth-order valence-electron chi connectivity index (χ4n) is 4.08. The molecule has 1 unspecified atom stereocenters. The first-order chi connectivity index (χ1) is 15.5. The summed E-state index contributed by atoms with van der Waals surface area (Å²) in [5, 5.41) is 8.12. The summed E-state index contributed by atoms with van der Waals surface area (Å²) in [5.74, 6) is 1.94. The number of nitrogens with zero attached hydrogens (tertiary/aromatic N) is 2. The predicted molar refractivity (Wildman–Crippen MR) is 131 cm³/mol. The number of rotatable bonds is 7. The van der Waals surface area contributed by atoms with Crippen LogP contribution in [0.5, 0.6) is 0 Å². The molecule has 0 aliphatic carbocycles. The van der Waals surface area contributed by atoms with Gasteiger partial charge in [-0.2, -0.15) is 4.98 Å². The zero-order valence-electron chi connectivity index (χ0n) is 19.5. The topological polar surface area (TPSA) is 51.0 Å². The van der Waals surface area contributed by atoms with E-state index in [2.05, 4.69) is 81.5 Å². The molecule has 1 atom stereocenters. The van der Waals surface area contributed by atoms with Crippen LogP contribution >= 0.6 is 0 Å². The summed E-state index contributed by atoms with van der Waals surface area (Å²) in [6.07, 6.45) is 0. The Morgan fingerprint density at radius 2 is 1.38 bits per heavy atom. The van der Waals surface area contributed by atoms with Gasteiger partial charge in [0.05, 0.1) is 0 Å². The highest BCUT2D eigenvalue weighted by atomic mass is 16.5. The fourth-order valence-corrected chi connectivity index (χ4v) is 4.08. The van der Waals surface area contributed by atoms with Crippen LogP contribution in [0.25, 0.3) is 11.4 Å². The van der Waals surface area contributed by atoms with Crippen LogP contribution in [0, 0.1) is 6.92 Å². The lowest BCUT2D eigenvalue weighted by atomic mass is 9.91. The van der Waals surface area contributed by atoms with E-state index < -0.39 is 0 Å². The lowest BCUT2D eigenvalue weighted by Gasteiger charge is -2.25. The van der Waals surface area contributed by atoms with Gasteiger partial charge in [-0.25, -0.2) is 0 Å². The molecule has 0 fully saturated rings. The lowest BCUT2D eigenvalue weighted by Crippen LogP contribution is -2.16. The number of aryl methyl sites for hydroxylation is 1. The number of anilines is 1. The first-order valence-corrected chi connectivity index (χ1v) is 11.3. The van der Waals surface area contributed by atoms with Crippen molar-refractivity contribution in [2.45, 2.75) is 52.5 Å². The van der Waals surface area contributed by atoms with E-state index in [0.29, 0.717) is 23.6 Å². The zero-order valence-corrected chi connectivity index (χ0v) is 19.5. The molecule has 4 heteroatoms. The Kier molecular flexibility index (Phi) is 6.40. The SMILES string of the molecule is Cc1ccccc1-c1noc(C(Nc2c(C(C)C)cccc2C(C)C)c2ccccc2)n1. The smallest absolute Gasteiger partial charge is 0.254 e. The predicted octanol–water partition coefficient (Wildman–Crippen LogP) is 7.49. The van der Waals surface area contributed by atoms with Gasteiger partial charge in [0.2, 0.25) is 5.82 Å². The van der Waals surface area contributed by atoms with Crippen LogP contribution in [-0.4, -0.2) is 10.1 Å². The summed E-state index contributed by atoms with van der Waals surface area (Å²) >= 11 is 0. The standard InChI is InChI=1S/C28H31N3O/c1-18(2)22-16-11-17-23(19(3)4)26(22)29-25(21-13-7-6-8-14-21)28-30-27(31-32-28)24-15-10-9-12-20(24)5/h6-19,25,29H,1-5H3. The highest BCUT2D eigenvalue weighted by molar-refractivity contribution is 5.63. The molecule has 4 aromatic rings. The van der Waals surface area contributed by atoms with Crippen LogP contribution in [0.4, 0.5) is 5.69 Å². The second-order valence-electron chi connectivity index (χ2n) is 8.88. The second kappa shape index (κ2) is 9.39. The number of nitrogens with one attached hydrogen (secondary N) is 1. The average molecular weight is 426 g/mol. The third kappa shape index (κ3) is 4.45. The van der Waals surface area contributed by atoms with E-state index in [1.807, 2.05) is 36.4 Å². The summed E-state index contributed by atoms with van der Waals surface area (Å²) in [7, 11) is 0. The minimum absolute atomic E-state index is 0.251. The van der Waals surface area contributed by atoms with Crippen LogP contribution in [0.15, 0.2) is 77.3 Å². The molecule has 1 N–H and O–H groups in total. The van der Waals surface area contributed by atoms with Crippen molar-refractivity contribution in [3.05, 3.63) is 101 Å². The summed E-state index contributed by atoms with van der Waals surface area (Å²) in [6.45, 7) is 11.0. The van der Waals surface area contributed by atoms with Crippen molar-refractivity contribution >= 4 is 5.69 Å². The van der Waals surface area contributed by atoms with Gasteiger partial charge in [-0.05, 0) is 41.0 Å². The van der Waals surface area contributed by atoms with Gasteiger partial charge in [-0.15, -0.1) is 0 Å². The quantitative estimate of drug-likeness (QED) is 0.333. The molecule has 1 aromatic heterocycles. The van der Waals surface area contributed by atoms with Gasteiger partial charge in [0.1, 0.15) is 6.04 Å². The zero-order chi connectivity index (χ0) is 22.7. The highest BCUT2D eigenvalue weighted by Gasteiger charge is 2.25. The van der Waals surface area contributed by atoms with Gasteiger partial charge in [-0.3, -0.25) is 0 Å². The molecular formula is C28H31N3O. The van der Waals surface area contributed by atoms with Crippen LogP contribution in [0.3, 0.4) is 0 Å². The molecule has 4 rings (SSSR count). The van der Waals surface area contributed by atoms with Gasteiger partial charge < -0.3 is 9.84 Å². The first kappa shape index (κ1) is 21.8. The minimum atomic E-state index is -0.251. The van der Waals surface area contributed by atoms with E-state index in [0.717, 1.165) is 22.4 Å². The number of hydrogen-bond donors (Lipinski definition) is 1. The van der Waals surface area contributed by atoms with Gasteiger partial charge in [0, 0.05) is 11.3 Å². The second-order valence-corrected chi connectivity index (χ2v) is 8.88. The Balaban J connectivity index is 1.81. The Hall–Kier alpha value is -3.40. The summed E-state index contributed by atoms with van der Waals surface area (Å²) in [4.78, 5) is 4.82. The molecular weight excluding hydrogens is 394 g/mol. The van der Waals surface area contributed by atoms with Gasteiger partial charge in [-0.1, -0.05) is 106 Å². The van der Waals surface area contributed by atoms with Gasteiger partial charge in [0.15, 0.2) is 0 Å². The molecule has 4 nitrogen and oxygen atoms in total. The van der Waals surface area contributed by atoms with Crippen LogP contribution in [0.1, 0.15) is 73.7 Å². The maximum Gasteiger partial charge on any atom is 0.254 e. The highest BCUT2D eigenvalue weighted by Crippen LogP contribution is 2.36. The molecule has 1 heterocycles. The molecule has 0 saturated carbocycles. The average Bonchev–Trinajstić information content (AvgIpc) is 3.27. The third-order valence-electron chi connectivity index (χ3n) is 5.87. The normalized spacial score (nSPS) is 12.3. The van der Waals surface area contributed by atoms with E-state index in [-0.39, 0.29) is 6.04 Å². The van der Waals surface area contributed by atoms with Crippen molar-refractivity contribution in [3.8, 4) is 11.4 Å². The maximum absolute atomic E-state index is 5.84. The Bertz CT molecular complexity index is 1150. The third-order valence-corrected chi connectivity index (χ3v) is 5.87. The van der Waals surface area contributed by atoms with Gasteiger partial charge >= 0.3 is 0 Å². The number of para-hydroxylation sites is 1. The molecule has 0 bridgehead atoms. The van der Waals surface area contributed by atoms with Gasteiger partial charge in [0.25, 0.3) is 5.89 Å². The largest absolute Gasteiger partial charge is 0.370 e. The fraction of sp³-hybridized carbons (Fsp3) is 0.286. The summed E-state index contributed by atoms with van der Waals surface area (Å²) in [5.41, 5.74) is 6.92.